The Balaban J connectivity index is 1.53. The van der Waals surface area contributed by atoms with Crippen LogP contribution in [0.3, 0.4) is 0 Å². The number of aliphatic hydroxyl groups is 1. The molecule has 3 aromatic rings. The van der Waals surface area contributed by atoms with Gasteiger partial charge < -0.3 is 9.84 Å². The molecule has 0 spiro atoms. The molecule has 0 heterocycles. The Morgan fingerprint density at radius 1 is 0.848 bits per heavy atom. The van der Waals surface area contributed by atoms with Crippen LogP contribution in [0.4, 0.5) is 13.2 Å². The van der Waals surface area contributed by atoms with Crippen molar-refractivity contribution in [2.24, 2.45) is 0 Å². The lowest BCUT2D eigenvalue weighted by Crippen LogP contribution is -2.17. The third-order valence-electron chi connectivity index (χ3n) is 6.28. The molecule has 0 saturated heterocycles. The number of hydrogen-bond donors (Lipinski definition) is 1. The summed E-state index contributed by atoms with van der Waals surface area (Å²) in [5.74, 6) is -2.23. The second-order valence-corrected chi connectivity index (χ2v) is 8.44. The van der Waals surface area contributed by atoms with Gasteiger partial charge >= 0.3 is 0 Å². The van der Waals surface area contributed by atoms with E-state index in [9.17, 15) is 18.3 Å². The zero-order valence-corrected chi connectivity index (χ0v) is 18.5. The molecule has 5 heteroatoms. The SMILES string of the molecule is C/C=C/COc1ccc(-c2ccc(-c3ccc(C4CCC(O)CC4)c(F)c3)cc2)c(F)c1F. The van der Waals surface area contributed by atoms with Crippen molar-refractivity contribution in [3.8, 4) is 28.0 Å². The summed E-state index contributed by atoms with van der Waals surface area (Å²) in [6.07, 6.45) is 6.17. The van der Waals surface area contributed by atoms with Crippen molar-refractivity contribution in [2.75, 3.05) is 6.61 Å². The van der Waals surface area contributed by atoms with Crippen molar-refractivity contribution in [2.45, 2.75) is 44.6 Å². The monoisotopic (exact) mass is 452 g/mol. The maximum atomic E-state index is 14.8. The Morgan fingerprint density at radius 3 is 2.18 bits per heavy atom. The lowest BCUT2D eigenvalue weighted by Gasteiger charge is -2.26. The molecule has 1 N–H and O–H groups in total. The van der Waals surface area contributed by atoms with Crippen LogP contribution >= 0.6 is 0 Å². The minimum absolute atomic E-state index is 0.131. The Hall–Kier alpha value is -3.05. The van der Waals surface area contributed by atoms with Gasteiger partial charge in [-0.2, -0.15) is 4.39 Å². The van der Waals surface area contributed by atoms with Crippen LogP contribution in [0.15, 0.2) is 66.7 Å². The molecule has 1 fully saturated rings. The smallest absolute Gasteiger partial charge is 0.201 e. The van der Waals surface area contributed by atoms with E-state index in [4.69, 9.17) is 4.74 Å². The van der Waals surface area contributed by atoms with Crippen LogP contribution < -0.4 is 4.74 Å². The molecule has 1 saturated carbocycles. The van der Waals surface area contributed by atoms with E-state index in [1.165, 1.54) is 18.2 Å². The van der Waals surface area contributed by atoms with Crippen molar-refractivity contribution in [1.82, 2.24) is 0 Å². The number of benzene rings is 3. The van der Waals surface area contributed by atoms with Crippen LogP contribution in [0.5, 0.6) is 5.75 Å². The quantitative estimate of drug-likeness (QED) is 0.395. The van der Waals surface area contributed by atoms with Gasteiger partial charge in [0, 0.05) is 5.56 Å². The second kappa shape index (κ2) is 10.3. The van der Waals surface area contributed by atoms with Gasteiger partial charge in [-0.3, -0.25) is 0 Å². The van der Waals surface area contributed by atoms with Gasteiger partial charge in [-0.15, -0.1) is 0 Å². The molecule has 0 bridgehead atoms. The summed E-state index contributed by atoms with van der Waals surface area (Å²) >= 11 is 0. The van der Waals surface area contributed by atoms with E-state index in [2.05, 4.69) is 0 Å². The maximum absolute atomic E-state index is 14.8. The summed E-state index contributed by atoms with van der Waals surface area (Å²) in [6, 6.07) is 15.1. The molecular weight excluding hydrogens is 425 g/mol. The van der Waals surface area contributed by atoms with Crippen molar-refractivity contribution in [3.63, 3.8) is 0 Å². The Bertz CT molecular complexity index is 1130. The average molecular weight is 453 g/mol. The summed E-state index contributed by atoms with van der Waals surface area (Å²) in [5.41, 5.74) is 2.86. The van der Waals surface area contributed by atoms with Crippen LogP contribution in [-0.4, -0.2) is 17.8 Å². The highest BCUT2D eigenvalue weighted by molar-refractivity contribution is 5.71. The Kier molecular flexibility index (Phi) is 7.19. The Morgan fingerprint density at radius 2 is 1.52 bits per heavy atom. The van der Waals surface area contributed by atoms with Gasteiger partial charge in [0.2, 0.25) is 5.82 Å². The van der Waals surface area contributed by atoms with Crippen LogP contribution in [0, 0.1) is 17.5 Å². The zero-order chi connectivity index (χ0) is 23.4. The summed E-state index contributed by atoms with van der Waals surface area (Å²) < 4.78 is 49.1. The molecule has 0 unspecified atom stereocenters. The van der Waals surface area contributed by atoms with Gasteiger partial charge in [0.1, 0.15) is 12.4 Å². The number of ether oxygens (including phenoxy) is 1. The van der Waals surface area contributed by atoms with Gasteiger partial charge in [0.15, 0.2) is 11.6 Å². The number of allylic oxidation sites excluding steroid dienone is 1. The predicted octanol–water partition coefficient (Wildman–Crippen LogP) is 7.41. The highest BCUT2D eigenvalue weighted by Gasteiger charge is 2.23. The molecule has 0 aromatic heterocycles. The summed E-state index contributed by atoms with van der Waals surface area (Å²) in [4.78, 5) is 0. The lowest BCUT2D eigenvalue weighted by atomic mass is 9.82. The first-order valence-electron chi connectivity index (χ1n) is 11.3. The number of rotatable bonds is 6. The van der Waals surface area contributed by atoms with E-state index >= 15 is 0 Å². The van der Waals surface area contributed by atoms with Gasteiger partial charge in [-0.1, -0.05) is 48.6 Å². The van der Waals surface area contributed by atoms with Crippen molar-refractivity contribution >= 4 is 0 Å². The van der Waals surface area contributed by atoms with Crippen molar-refractivity contribution < 1.29 is 23.0 Å². The van der Waals surface area contributed by atoms with Crippen LogP contribution in [0.1, 0.15) is 44.1 Å². The lowest BCUT2D eigenvalue weighted by molar-refractivity contribution is 0.122. The summed E-state index contributed by atoms with van der Waals surface area (Å²) in [5, 5.41) is 9.68. The van der Waals surface area contributed by atoms with Crippen molar-refractivity contribution in [1.29, 1.82) is 0 Å². The topological polar surface area (TPSA) is 29.5 Å². The van der Waals surface area contributed by atoms with Gasteiger partial charge in [0.25, 0.3) is 0 Å². The number of aliphatic hydroxyl groups excluding tert-OH is 1. The molecule has 1 aliphatic carbocycles. The summed E-state index contributed by atoms with van der Waals surface area (Å²) in [7, 11) is 0. The molecule has 33 heavy (non-hydrogen) atoms. The molecule has 0 radical (unpaired) electrons. The Labute approximate surface area is 192 Å². The average Bonchev–Trinajstić information content (AvgIpc) is 2.83. The normalized spacial score (nSPS) is 18.6. The van der Waals surface area contributed by atoms with Gasteiger partial charge in [-0.05, 0) is 79.0 Å². The first-order chi connectivity index (χ1) is 16.0. The van der Waals surface area contributed by atoms with Crippen LogP contribution in [-0.2, 0) is 0 Å². The van der Waals surface area contributed by atoms with E-state index in [0.717, 1.165) is 24.0 Å². The number of halogens is 3. The fraction of sp³-hybridized carbons (Fsp3) is 0.286. The summed E-state index contributed by atoms with van der Waals surface area (Å²) in [6.45, 7) is 1.98. The second-order valence-electron chi connectivity index (χ2n) is 8.44. The van der Waals surface area contributed by atoms with E-state index in [1.54, 1.807) is 36.4 Å². The molecule has 0 amide bonds. The van der Waals surface area contributed by atoms with Crippen molar-refractivity contribution in [3.05, 3.63) is 89.8 Å². The fourth-order valence-electron chi connectivity index (χ4n) is 4.37. The predicted molar refractivity (Wildman–Crippen MR) is 125 cm³/mol. The highest BCUT2D eigenvalue weighted by Crippen LogP contribution is 2.36. The third-order valence-corrected chi connectivity index (χ3v) is 6.28. The molecule has 0 aliphatic heterocycles. The molecule has 3 aromatic carbocycles. The molecule has 172 valence electrons. The fourth-order valence-corrected chi connectivity index (χ4v) is 4.37. The molecule has 2 nitrogen and oxygen atoms in total. The zero-order valence-electron chi connectivity index (χ0n) is 18.5. The van der Waals surface area contributed by atoms with Crippen LogP contribution in [0.2, 0.25) is 0 Å². The minimum atomic E-state index is -1.02. The maximum Gasteiger partial charge on any atom is 0.201 e. The van der Waals surface area contributed by atoms with E-state index < -0.39 is 11.6 Å². The van der Waals surface area contributed by atoms with Crippen LogP contribution in [0.25, 0.3) is 22.3 Å². The molecule has 4 rings (SSSR count). The van der Waals surface area contributed by atoms with E-state index in [1.807, 2.05) is 19.1 Å². The number of hydrogen-bond acceptors (Lipinski definition) is 2. The first-order valence-corrected chi connectivity index (χ1v) is 11.3. The largest absolute Gasteiger partial charge is 0.486 e. The van der Waals surface area contributed by atoms with E-state index in [0.29, 0.717) is 24.0 Å². The minimum Gasteiger partial charge on any atom is -0.486 e. The standard InChI is InChI=1S/C28H27F3O2/c1-2-3-16-33-26-15-14-24(27(30)28(26)31)20-6-4-18(5-7-20)21-10-13-23(25(29)17-21)19-8-11-22(32)12-9-19/h2-7,10,13-15,17,19,22,32H,8-9,11-12,16H2,1H3/b3-2+. The molecular formula is C28H27F3O2. The van der Waals surface area contributed by atoms with Gasteiger partial charge in [0.05, 0.1) is 6.10 Å². The van der Waals surface area contributed by atoms with Gasteiger partial charge in [-0.25, -0.2) is 8.78 Å². The molecule has 1 aliphatic rings. The molecule has 0 atom stereocenters. The highest BCUT2D eigenvalue weighted by atomic mass is 19.2. The first kappa shape index (κ1) is 23.1. The van der Waals surface area contributed by atoms with E-state index in [-0.39, 0.29) is 35.8 Å². The third kappa shape index (κ3) is 5.14.